The van der Waals surface area contributed by atoms with Gasteiger partial charge >= 0.3 is 0 Å². The molecule has 2 rings (SSSR count). The highest BCUT2D eigenvalue weighted by Gasteiger charge is 2.36. The Labute approximate surface area is 120 Å². The van der Waals surface area contributed by atoms with Crippen LogP contribution in [0, 0.1) is 17.5 Å². The topological polar surface area (TPSA) is 55.6 Å². The van der Waals surface area contributed by atoms with E-state index in [9.17, 15) is 18.0 Å². The molecule has 1 aliphatic rings. The van der Waals surface area contributed by atoms with Gasteiger partial charge < -0.3 is 15.4 Å². The average Bonchev–Trinajstić information content (AvgIpc) is 2.35. The van der Waals surface area contributed by atoms with Crippen molar-refractivity contribution < 1.29 is 22.7 Å². The van der Waals surface area contributed by atoms with Crippen LogP contribution in [0.2, 0.25) is 0 Å². The quantitative estimate of drug-likeness (QED) is 0.904. The molecule has 1 atom stereocenters. The molecule has 0 bridgehead atoms. The zero-order chi connectivity index (χ0) is 15.8. The highest BCUT2D eigenvalue weighted by molar-refractivity contribution is 5.95. The van der Waals surface area contributed by atoms with Crippen LogP contribution >= 0.6 is 0 Å². The molecular formula is C14H17F3N2O2. The van der Waals surface area contributed by atoms with Crippen molar-refractivity contribution >= 4 is 5.91 Å². The van der Waals surface area contributed by atoms with Crippen LogP contribution in [0.1, 0.15) is 24.2 Å². The Morgan fingerprint density at radius 1 is 1.38 bits per heavy atom. The molecule has 1 fully saturated rings. The van der Waals surface area contributed by atoms with Crippen molar-refractivity contribution in [3.8, 4) is 0 Å². The fourth-order valence-electron chi connectivity index (χ4n) is 2.48. The van der Waals surface area contributed by atoms with Crippen molar-refractivity contribution in [3.63, 3.8) is 0 Å². The largest absolute Gasteiger partial charge is 0.367 e. The molecule has 21 heavy (non-hydrogen) atoms. The summed E-state index contributed by atoms with van der Waals surface area (Å²) in [6.45, 7) is 3.99. The van der Waals surface area contributed by atoms with E-state index in [0.717, 1.165) is 0 Å². The first-order valence-corrected chi connectivity index (χ1v) is 6.55. The molecular weight excluding hydrogens is 285 g/mol. The van der Waals surface area contributed by atoms with E-state index in [1.165, 1.54) is 4.90 Å². The maximum atomic E-state index is 13.7. The molecule has 7 heteroatoms. The van der Waals surface area contributed by atoms with Gasteiger partial charge in [0.1, 0.15) is 23.0 Å². The van der Waals surface area contributed by atoms with E-state index in [1.807, 2.05) is 0 Å². The lowest BCUT2D eigenvalue weighted by Crippen LogP contribution is -2.56. The first kappa shape index (κ1) is 15.8. The summed E-state index contributed by atoms with van der Waals surface area (Å²) in [5, 5.41) is 0. The second kappa shape index (κ2) is 5.65. The predicted molar refractivity (Wildman–Crippen MR) is 70.2 cm³/mol. The Morgan fingerprint density at radius 3 is 2.48 bits per heavy atom. The van der Waals surface area contributed by atoms with Crippen LogP contribution in [0.15, 0.2) is 12.1 Å². The first-order chi connectivity index (χ1) is 9.73. The molecule has 0 radical (unpaired) electrons. The van der Waals surface area contributed by atoms with Gasteiger partial charge in [0.05, 0.1) is 11.7 Å². The second-order valence-corrected chi connectivity index (χ2v) is 5.67. The van der Waals surface area contributed by atoms with Gasteiger partial charge in [0.25, 0.3) is 5.91 Å². The van der Waals surface area contributed by atoms with Crippen molar-refractivity contribution in [1.82, 2.24) is 4.90 Å². The molecule has 1 aliphatic heterocycles. The maximum absolute atomic E-state index is 13.7. The number of ether oxygens (including phenoxy) is 1. The van der Waals surface area contributed by atoms with Gasteiger partial charge in [-0.25, -0.2) is 13.2 Å². The van der Waals surface area contributed by atoms with Gasteiger partial charge in [-0.05, 0) is 13.8 Å². The number of halogens is 3. The van der Waals surface area contributed by atoms with Gasteiger partial charge in [-0.2, -0.15) is 0 Å². The molecule has 2 N–H and O–H groups in total. The van der Waals surface area contributed by atoms with Gasteiger partial charge in [0, 0.05) is 31.8 Å². The molecule has 1 aromatic carbocycles. The fourth-order valence-corrected chi connectivity index (χ4v) is 2.48. The molecule has 4 nitrogen and oxygen atoms in total. The van der Waals surface area contributed by atoms with Crippen LogP contribution in [0.4, 0.5) is 13.2 Å². The standard InChI is InChI=1S/C14H17F3N2O2/c1-14(2)7-19(6-9(5-18)21-14)13(20)12-10(16)3-8(15)4-11(12)17/h3-4,9H,5-7,18H2,1-2H3. The Morgan fingerprint density at radius 2 is 1.95 bits per heavy atom. The SMILES string of the molecule is CC1(C)CN(C(=O)c2c(F)cc(F)cc2F)CC(CN)O1. The zero-order valence-corrected chi connectivity index (χ0v) is 11.8. The minimum absolute atomic E-state index is 0.134. The van der Waals surface area contributed by atoms with Gasteiger partial charge in [-0.15, -0.1) is 0 Å². The smallest absolute Gasteiger partial charge is 0.260 e. The fraction of sp³-hybridized carbons (Fsp3) is 0.500. The van der Waals surface area contributed by atoms with E-state index >= 15 is 0 Å². The third kappa shape index (κ3) is 3.36. The summed E-state index contributed by atoms with van der Waals surface area (Å²) in [7, 11) is 0. The molecule has 0 aromatic heterocycles. The van der Waals surface area contributed by atoms with Crippen molar-refractivity contribution in [2.45, 2.75) is 25.6 Å². The number of rotatable bonds is 2. The summed E-state index contributed by atoms with van der Waals surface area (Å²) in [4.78, 5) is 13.6. The Balaban J connectivity index is 2.31. The predicted octanol–water partition coefficient (Wildman–Crippen LogP) is 1.68. The van der Waals surface area contributed by atoms with Crippen molar-refractivity contribution in [2.75, 3.05) is 19.6 Å². The summed E-state index contributed by atoms with van der Waals surface area (Å²) in [6, 6.07) is 0.977. The number of benzene rings is 1. The minimum Gasteiger partial charge on any atom is -0.367 e. The van der Waals surface area contributed by atoms with E-state index in [2.05, 4.69) is 0 Å². The number of morpholine rings is 1. The maximum Gasteiger partial charge on any atom is 0.260 e. The Bertz CT molecular complexity index is 540. The third-order valence-corrected chi connectivity index (χ3v) is 3.25. The first-order valence-electron chi connectivity index (χ1n) is 6.55. The lowest BCUT2D eigenvalue weighted by molar-refractivity contribution is -0.122. The molecule has 0 spiro atoms. The number of nitrogens with two attached hydrogens (primary N) is 1. The summed E-state index contributed by atoms with van der Waals surface area (Å²) >= 11 is 0. The molecule has 0 aliphatic carbocycles. The molecule has 1 aromatic rings. The lowest BCUT2D eigenvalue weighted by Gasteiger charge is -2.42. The van der Waals surface area contributed by atoms with Crippen LogP contribution in [0.25, 0.3) is 0 Å². The number of hydrogen-bond acceptors (Lipinski definition) is 3. The number of carbonyl (C=O) groups is 1. The van der Waals surface area contributed by atoms with Gasteiger partial charge in [-0.1, -0.05) is 0 Å². The average molecular weight is 302 g/mol. The molecule has 116 valence electrons. The molecule has 0 saturated carbocycles. The van der Waals surface area contributed by atoms with Gasteiger partial charge in [-0.3, -0.25) is 4.79 Å². The molecule has 1 saturated heterocycles. The third-order valence-electron chi connectivity index (χ3n) is 3.25. The number of carbonyl (C=O) groups excluding carboxylic acids is 1. The summed E-state index contributed by atoms with van der Waals surface area (Å²) in [5.74, 6) is -4.33. The van der Waals surface area contributed by atoms with Crippen LogP contribution in [-0.4, -0.2) is 42.1 Å². The number of hydrogen-bond donors (Lipinski definition) is 1. The highest BCUT2D eigenvalue weighted by Crippen LogP contribution is 2.24. The van der Waals surface area contributed by atoms with Crippen LogP contribution in [-0.2, 0) is 4.74 Å². The Hall–Kier alpha value is -1.60. The monoisotopic (exact) mass is 302 g/mol. The highest BCUT2D eigenvalue weighted by atomic mass is 19.1. The zero-order valence-electron chi connectivity index (χ0n) is 11.8. The van der Waals surface area contributed by atoms with Crippen molar-refractivity contribution in [3.05, 3.63) is 35.1 Å². The summed E-state index contributed by atoms with van der Waals surface area (Å²) < 4.78 is 46.0. The van der Waals surface area contributed by atoms with Crippen molar-refractivity contribution in [1.29, 1.82) is 0 Å². The molecule has 1 heterocycles. The summed E-state index contributed by atoms with van der Waals surface area (Å²) in [6.07, 6.45) is -0.413. The van der Waals surface area contributed by atoms with Crippen molar-refractivity contribution in [2.24, 2.45) is 5.73 Å². The van der Waals surface area contributed by atoms with E-state index in [4.69, 9.17) is 10.5 Å². The molecule has 1 amide bonds. The second-order valence-electron chi connectivity index (χ2n) is 5.67. The summed E-state index contributed by atoms with van der Waals surface area (Å²) in [5.41, 5.74) is 4.11. The molecule has 1 unspecified atom stereocenters. The van der Waals surface area contributed by atoms with E-state index in [-0.39, 0.29) is 19.6 Å². The lowest BCUT2D eigenvalue weighted by atomic mass is 10.0. The number of nitrogens with zero attached hydrogens (tertiary/aromatic N) is 1. The van der Waals surface area contributed by atoms with E-state index in [0.29, 0.717) is 12.1 Å². The van der Waals surface area contributed by atoms with E-state index in [1.54, 1.807) is 13.8 Å². The number of amides is 1. The minimum atomic E-state index is -1.22. The van der Waals surface area contributed by atoms with Gasteiger partial charge in [0.2, 0.25) is 0 Å². The van der Waals surface area contributed by atoms with Gasteiger partial charge in [0.15, 0.2) is 0 Å². The van der Waals surface area contributed by atoms with Crippen LogP contribution in [0.3, 0.4) is 0 Å². The van der Waals surface area contributed by atoms with E-state index < -0.39 is 40.6 Å². The Kier molecular flexibility index (Phi) is 4.25. The van der Waals surface area contributed by atoms with Crippen LogP contribution < -0.4 is 5.73 Å². The normalized spacial score (nSPS) is 21.4. The van der Waals surface area contributed by atoms with Crippen LogP contribution in [0.5, 0.6) is 0 Å².